The monoisotopic (exact) mass is 388 g/mol. The van der Waals surface area contributed by atoms with Crippen LogP contribution in [-0.2, 0) is 4.79 Å². The van der Waals surface area contributed by atoms with Gasteiger partial charge < -0.3 is 15.3 Å². The van der Waals surface area contributed by atoms with Crippen LogP contribution in [-0.4, -0.2) is 31.3 Å². The molecule has 0 radical (unpaired) electrons. The zero-order valence-corrected chi connectivity index (χ0v) is 13.9. The van der Waals surface area contributed by atoms with E-state index in [4.69, 9.17) is 5.11 Å². The molecule has 3 aromatic rings. The first-order chi connectivity index (χ1) is 13.3. The third-order valence-corrected chi connectivity index (χ3v) is 3.73. The van der Waals surface area contributed by atoms with Gasteiger partial charge in [-0.3, -0.25) is 0 Å². The van der Waals surface area contributed by atoms with E-state index >= 15 is 0 Å². The van der Waals surface area contributed by atoms with Crippen LogP contribution in [0.25, 0.3) is 28.7 Å². The lowest BCUT2D eigenvalue weighted by molar-refractivity contribution is -0.134. The summed E-state index contributed by atoms with van der Waals surface area (Å²) in [7, 11) is 0. The van der Waals surface area contributed by atoms with Gasteiger partial charge in [-0.05, 0) is 23.8 Å². The van der Waals surface area contributed by atoms with Crippen molar-refractivity contribution in [2.45, 2.75) is 0 Å². The number of rotatable bonds is 4. The molecular weight excluding hydrogens is 377 g/mol. The van der Waals surface area contributed by atoms with E-state index in [-0.39, 0.29) is 22.4 Å². The van der Waals surface area contributed by atoms with Gasteiger partial charge in [0.05, 0.1) is 0 Å². The number of carbonyl (C=O) groups is 1. The van der Waals surface area contributed by atoms with Crippen LogP contribution in [0, 0.1) is 11.8 Å². The molecule has 1 aromatic heterocycles. The molecule has 0 spiro atoms. The minimum atomic E-state index is -1.88. The number of hydrogen-bond donors (Lipinski definition) is 3. The van der Waals surface area contributed by atoms with Crippen LogP contribution in [0.4, 0.5) is 13.2 Å². The number of nitrogens with zero attached hydrogens (tertiary/aromatic N) is 2. The molecule has 0 aliphatic carbocycles. The van der Waals surface area contributed by atoms with Crippen molar-refractivity contribution in [3.8, 4) is 34.1 Å². The minimum Gasteiger partial charge on any atom is -0.504 e. The molecule has 0 aliphatic heterocycles. The molecule has 3 N–H and O–H groups in total. The Morgan fingerprint density at radius 1 is 1.00 bits per heavy atom. The van der Waals surface area contributed by atoms with Gasteiger partial charge in [-0.25, -0.2) is 9.78 Å². The molecule has 0 saturated carbocycles. The fraction of sp³-hybridized carbons (Fsp3) is 0. The Morgan fingerprint density at radius 3 is 2.29 bits per heavy atom. The summed E-state index contributed by atoms with van der Waals surface area (Å²) in [5.74, 6) is -8.07. The number of phenols is 2. The Labute approximate surface area is 155 Å². The smallest absolute Gasteiger partial charge is 0.364 e. The van der Waals surface area contributed by atoms with Crippen molar-refractivity contribution in [3.63, 3.8) is 0 Å². The van der Waals surface area contributed by atoms with Crippen LogP contribution in [0.2, 0.25) is 0 Å². The second-order valence-corrected chi connectivity index (χ2v) is 5.59. The zero-order chi connectivity index (χ0) is 20.4. The number of carboxylic acid groups (broad SMARTS) is 1. The third kappa shape index (κ3) is 3.63. The van der Waals surface area contributed by atoms with Gasteiger partial charge in [-0.1, -0.05) is 30.3 Å². The second kappa shape index (κ2) is 7.39. The number of hydrogen-bond acceptors (Lipinski definition) is 5. The van der Waals surface area contributed by atoms with Crippen LogP contribution in [0.15, 0.2) is 48.3 Å². The average Bonchev–Trinajstić information content (AvgIpc) is 2.67. The first kappa shape index (κ1) is 18.9. The maximum atomic E-state index is 14.2. The summed E-state index contributed by atoms with van der Waals surface area (Å²) in [6.07, 6.45) is 0.531. The lowest BCUT2D eigenvalue weighted by atomic mass is 10.0. The van der Waals surface area contributed by atoms with Crippen LogP contribution < -0.4 is 0 Å². The van der Waals surface area contributed by atoms with E-state index < -0.39 is 40.9 Å². The van der Waals surface area contributed by atoms with Gasteiger partial charge in [-0.2, -0.15) is 18.2 Å². The number of aromatic nitrogens is 2. The molecule has 2 aromatic carbocycles. The van der Waals surface area contributed by atoms with Crippen molar-refractivity contribution in [1.82, 2.24) is 9.97 Å². The second-order valence-electron chi connectivity index (χ2n) is 5.59. The SMILES string of the molecule is O=C(O)/C(F)=C/c1cc(O)c(O)cc1-c1nc(F)c(F)c(-c2ccccc2)n1. The number of carboxylic acids is 1. The highest BCUT2D eigenvalue weighted by atomic mass is 19.2. The average molecular weight is 388 g/mol. The summed E-state index contributed by atoms with van der Waals surface area (Å²) < 4.78 is 41.9. The fourth-order valence-corrected chi connectivity index (χ4v) is 2.43. The molecule has 0 amide bonds. The van der Waals surface area contributed by atoms with E-state index in [1.54, 1.807) is 18.2 Å². The third-order valence-electron chi connectivity index (χ3n) is 3.73. The molecule has 6 nitrogen and oxygen atoms in total. The molecule has 0 aliphatic rings. The lowest BCUT2D eigenvalue weighted by Gasteiger charge is -2.10. The highest BCUT2D eigenvalue weighted by molar-refractivity contribution is 5.91. The van der Waals surface area contributed by atoms with E-state index in [2.05, 4.69) is 9.97 Å². The summed E-state index contributed by atoms with van der Waals surface area (Å²) in [6.45, 7) is 0. The highest BCUT2D eigenvalue weighted by Gasteiger charge is 2.20. The Morgan fingerprint density at radius 2 is 1.64 bits per heavy atom. The van der Waals surface area contributed by atoms with Crippen molar-refractivity contribution < 1.29 is 33.3 Å². The topological polar surface area (TPSA) is 104 Å². The molecule has 0 atom stereocenters. The standard InChI is InChI=1S/C19H11F3N2O4/c20-12(19(27)28)6-10-7-13(25)14(26)8-11(10)18-23-16(15(21)17(22)24-18)9-4-2-1-3-5-9/h1-8,25-26H,(H,27,28)/b12-6-. The van der Waals surface area contributed by atoms with Crippen molar-refractivity contribution in [3.05, 3.63) is 65.6 Å². The molecule has 0 bridgehead atoms. The number of halogens is 3. The van der Waals surface area contributed by atoms with Crippen LogP contribution in [0.3, 0.4) is 0 Å². The summed E-state index contributed by atoms with van der Waals surface area (Å²) >= 11 is 0. The maximum Gasteiger partial charge on any atom is 0.364 e. The van der Waals surface area contributed by atoms with Crippen molar-refractivity contribution in [1.29, 1.82) is 0 Å². The summed E-state index contributed by atoms with van der Waals surface area (Å²) in [5.41, 5.74) is -0.633. The van der Waals surface area contributed by atoms with Gasteiger partial charge in [0.1, 0.15) is 5.69 Å². The van der Waals surface area contributed by atoms with Gasteiger partial charge in [0, 0.05) is 11.1 Å². The van der Waals surface area contributed by atoms with Crippen LogP contribution in [0.1, 0.15) is 5.56 Å². The van der Waals surface area contributed by atoms with Gasteiger partial charge in [0.15, 0.2) is 17.3 Å². The van der Waals surface area contributed by atoms with Gasteiger partial charge in [0.25, 0.3) is 5.95 Å². The Balaban J connectivity index is 2.27. The van der Waals surface area contributed by atoms with E-state index in [9.17, 15) is 28.2 Å². The van der Waals surface area contributed by atoms with Gasteiger partial charge >= 0.3 is 5.97 Å². The molecule has 3 rings (SSSR count). The maximum absolute atomic E-state index is 14.2. The molecule has 1 heterocycles. The molecule has 0 saturated heterocycles. The Kier molecular flexibility index (Phi) is 4.99. The number of aliphatic carboxylic acids is 1. The van der Waals surface area contributed by atoms with Crippen molar-refractivity contribution in [2.24, 2.45) is 0 Å². The molecule has 142 valence electrons. The largest absolute Gasteiger partial charge is 0.504 e. The normalized spacial score (nSPS) is 11.5. The van der Waals surface area contributed by atoms with Crippen LogP contribution in [0.5, 0.6) is 11.5 Å². The fourth-order valence-electron chi connectivity index (χ4n) is 2.43. The van der Waals surface area contributed by atoms with Gasteiger partial charge in [-0.15, -0.1) is 0 Å². The molecule has 0 fully saturated rings. The van der Waals surface area contributed by atoms with Crippen molar-refractivity contribution in [2.75, 3.05) is 0 Å². The van der Waals surface area contributed by atoms with E-state index in [1.807, 2.05) is 0 Å². The summed E-state index contributed by atoms with van der Waals surface area (Å²) in [6, 6.07) is 9.52. The highest BCUT2D eigenvalue weighted by Crippen LogP contribution is 2.35. The van der Waals surface area contributed by atoms with E-state index in [0.29, 0.717) is 6.08 Å². The molecule has 9 heteroatoms. The first-order valence-corrected chi connectivity index (χ1v) is 7.73. The van der Waals surface area contributed by atoms with E-state index in [0.717, 1.165) is 12.1 Å². The van der Waals surface area contributed by atoms with Crippen LogP contribution >= 0.6 is 0 Å². The van der Waals surface area contributed by atoms with Gasteiger partial charge in [0.2, 0.25) is 11.6 Å². The molecule has 0 unspecified atom stereocenters. The predicted molar refractivity (Wildman–Crippen MR) is 92.9 cm³/mol. The zero-order valence-electron chi connectivity index (χ0n) is 13.9. The number of benzene rings is 2. The first-order valence-electron chi connectivity index (χ1n) is 7.73. The number of phenolic OH excluding ortho intramolecular Hbond substituents is 2. The van der Waals surface area contributed by atoms with E-state index in [1.165, 1.54) is 12.1 Å². The molecule has 28 heavy (non-hydrogen) atoms. The molecular formula is C19H11F3N2O4. The Hall–Kier alpha value is -3.88. The number of aromatic hydroxyl groups is 2. The minimum absolute atomic E-state index is 0.220. The lowest BCUT2D eigenvalue weighted by Crippen LogP contribution is -2.02. The Bertz CT molecular complexity index is 1100. The quantitative estimate of drug-likeness (QED) is 0.356. The summed E-state index contributed by atoms with van der Waals surface area (Å²) in [4.78, 5) is 18.1. The summed E-state index contributed by atoms with van der Waals surface area (Å²) in [5, 5.41) is 28.1. The predicted octanol–water partition coefficient (Wildman–Crippen LogP) is 3.90. The van der Waals surface area contributed by atoms with Crippen molar-refractivity contribution >= 4 is 12.0 Å².